The first-order chi connectivity index (χ1) is 10.1. The zero-order valence-corrected chi connectivity index (χ0v) is 13.5. The van der Waals surface area contributed by atoms with Crippen molar-refractivity contribution in [1.29, 1.82) is 0 Å². The van der Waals surface area contributed by atoms with Crippen molar-refractivity contribution in [2.45, 2.75) is 0 Å². The van der Waals surface area contributed by atoms with Crippen molar-refractivity contribution in [3.05, 3.63) is 62.2 Å². The Hall–Kier alpha value is -1.26. The van der Waals surface area contributed by atoms with Crippen LogP contribution in [-0.2, 0) is 0 Å². The van der Waals surface area contributed by atoms with E-state index in [2.05, 4.69) is 15.5 Å². The molecular weight excluding hydrogens is 352 g/mol. The van der Waals surface area contributed by atoms with E-state index in [0.717, 1.165) is 5.56 Å². The van der Waals surface area contributed by atoms with Crippen molar-refractivity contribution >= 4 is 64.5 Å². The number of nitrogens with zero attached hydrogens (tertiary/aromatic N) is 2. The molecule has 0 amide bonds. The monoisotopic (exact) mass is 359 g/mol. The average Bonchev–Trinajstić information content (AvgIpc) is 2.45. The maximum Gasteiger partial charge on any atom is 0.166 e. The average molecular weight is 361 g/mol. The second kappa shape index (κ2) is 7.66. The number of hydrazone groups is 1. The van der Waals surface area contributed by atoms with E-state index in [1.807, 2.05) is 30.3 Å². The largest absolute Gasteiger partial charge is 0.260 e. The van der Waals surface area contributed by atoms with Crippen LogP contribution in [0.1, 0.15) is 5.56 Å². The molecule has 0 spiro atoms. The molecule has 108 valence electrons. The minimum atomic E-state index is 0.143. The molecule has 0 fully saturated rings. The molecule has 0 aliphatic carbocycles. The van der Waals surface area contributed by atoms with Crippen molar-refractivity contribution in [3.63, 3.8) is 0 Å². The highest BCUT2D eigenvalue weighted by Crippen LogP contribution is 2.28. The third-order valence-electron chi connectivity index (χ3n) is 2.35. The number of nitrogens with one attached hydrogen (secondary N) is 1. The molecule has 0 unspecified atom stereocenters. The molecule has 7 heteroatoms. The number of hydrogen-bond donors (Lipinski definition) is 1. The summed E-state index contributed by atoms with van der Waals surface area (Å²) in [6.07, 6.45) is 3.21. The molecule has 0 radical (unpaired) electrons. The molecular formula is C14H9Cl4N3. The van der Waals surface area contributed by atoms with E-state index in [1.165, 1.54) is 12.3 Å². The fourth-order valence-electron chi connectivity index (χ4n) is 1.42. The molecule has 1 aromatic heterocycles. The van der Waals surface area contributed by atoms with Crippen molar-refractivity contribution in [2.24, 2.45) is 5.10 Å². The second-order valence-electron chi connectivity index (χ2n) is 3.90. The summed E-state index contributed by atoms with van der Waals surface area (Å²) in [5.41, 5.74) is 3.63. The Morgan fingerprint density at radius 3 is 2.52 bits per heavy atom. The van der Waals surface area contributed by atoms with Crippen molar-refractivity contribution in [3.8, 4) is 0 Å². The van der Waals surface area contributed by atoms with Crippen LogP contribution in [0.2, 0.25) is 15.2 Å². The van der Waals surface area contributed by atoms with Gasteiger partial charge in [0.05, 0.1) is 21.3 Å². The number of aromatic nitrogens is 1. The Bertz CT molecular complexity index is 684. The number of anilines is 1. The fourth-order valence-corrected chi connectivity index (χ4v) is 2.14. The number of rotatable bonds is 4. The highest BCUT2D eigenvalue weighted by atomic mass is 35.5. The molecule has 0 atom stereocenters. The lowest BCUT2D eigenvalue weighted by Crippen LogP contribution is -1.94. The minimum absolute atomic E-state index is 0.143. The predicted octanol–water partition coefficient (Wildman–Crippen LogP) is 5.72. The van der Waals surface area contributed by atoms with Gasteiger partial charge in [-0.05, 0) is 17.7 Å². The van der Waals surface area contributed by atoms with Crippen LogP contribution in [0.15, 0.2) is 46.5 Å². The second-order valence-corrected chi connectivity index (χ2v) is 5.51. The molecule has 1 heterocycles. The zero-order chi connectivity index (χ0) is 15.2. The van der Waals surface area contributed by atoms with Gasteiger partial charge in [-0.1, -0.05) is 76.7 Å². The van der Waals surface area contributed by atoms with E-state index in [-0.39, 0.29) is 10.2 Å². The maximum absolute atomic E-state index is 6.05. The van der Waals surface area contributed by atoms with Gasteiger partial charge >= 0.3 is 0 Å². The SMILES string of the molecule is ClC(C=NNc1nc(Cl)c(Cl)cc1Cl)=Cc1ccccc1. The van der Waals surface area contributed by atoms with Gasteiger partial charge in [-0.15, -0.1) is 0 Å². The number of hydrogen-bond acceptors (Lipinski definition) is 3. The van der Waals surface area contributed by atoms with Gasteiger partial charge in [-0.25, -0.2) is 4.98 Å². The van der Waals surface area contributed by atoms with Crippen molar-refractivity contribution in [2.75, 3.05) is 5.43 Å². The minimum Gasteiger partial charge on any atom is -0.260 e. The predicted molar refractivity (Wildman–Crippen MR) is 91.7 cm³/mol. The summed E-state index contributed by atoms with van der Waals surface area (Å²) in [6, 6.07) is 11.1. The number of allylic oxidation sites excluding steroid dienone is 1. The van der Waals surface area contributed by atoms with Gasteiger partial charge in [-0.3, -0.25) is 5.43 Å². The van der Waals surface area contributed by atoms with Crippen LogP contribution in [-0.4, -0.2) is 11.2 Å². The van der Waals surface area contributed by atoms with E-state index in [1.54, 1.807) is 6.08 Å². The summed E-state index contributed by atoms with van der Waals surface area (Å²) in [6.45, 7) is 0. The Kier molecular flexibility index (Phi) is 5.88. The first kappa shape index (κ1) is 16.1. The number of pyridine rings is 1. The molecule has 1 N–H and O–H groups in total. The third kappa shape index (κ3) is 4.90. The Labute approximate surface area is 142 Å². The quantitative estimate of drug-likeness (QED) is 0.430. The lowest BCUT2D eigenvalue weighted by Gasteiger charge is -2.03. The van der Waals surface area contributed by atoms with Crippen LogP contribution >= 0.6 is 46.4 Å². The normalized spacial score (nSPS) is 11.9. The molecule has 0 aliphatic rings. The first-order valence-corrected chi connectivity index (χ1v) is 7.30. The van der Waals surface area contributed by atoms with Gasteiger partial charge in [0.15, 0.2) is 5.82 Å². The maximum atomic E-state index is 6.05. The molecule has 0 bridgehead atoms. The van der Waals surface area contributed by atoms with Crippen LogP contribution in [0.4, 0.5) is 5.82 Å². The van der Waals surface area contributed by atoms with Crippen LogP contribution in [0.3, 0.4) is 0 Å². The lowest BCUT2D eigenvalue weighted by atomic mass is 10.2. The highest BCUT2D eigenvalue weighted by Gasteiger charge is 2.06. The summed E-state index contributed by atoms with van der Waals surface area (Å²) in [5, 5.41) is 5.12. The third-order valence-corrected chi connectivity index (χ3v) is 3.52. The van der Waals surface area contributed by atoms with E-state index in [0.29, 0.717) is 15.9 Å². The molecule has 1 aromatic carbocycles. The van der Waals surface area contributed by atoms with Crippen LogP contribution in [0.5, 0.6) is 0 Å². The molecule has 3 nitrogen and oxygen atoms in total. The van der Waals surface area contributed by atoms with Gasteiger partial charge in [-0.2, -0.15) is 5.10 Å². The molecule has 0 saturated heterocycles. The summed E-state index contributed by atoms with van der Waals surface area (Å²) in [4.78, 5) is 3.97. The van der Waals surface area contributed by atoms with Gasteiger partial charge in [0, 0.05) is 0 Å². The Balaban J connectivity index is 2.06. The van der Waals surface area contributed by atoms with Crippen LogP contribution in [0, 0.1) is 0 Å². The topological polar surface area (TPSA) is 37.3 Å². The number of halogens is 4. The van der Waals surface area contributed by atoms with Gasteiger partial charge < -0.3 is 0 Å². The summed E-state index contributed by atoms with van der Waals surface area (Å²) in [5.74, 6) is 0.298. The molecule has 2 aromatic rings. The highest BCUT2D eigenvalue weighted by molar-refractivity contribution is 6.43. The Morgan fingerprint density at radius 1 is 1.10 bits per heavy atom. The first-order valence-electron chi connectivity index (χ1n) is 5.79. The summed E-state index contributed by atoms with van der Waals surface area (Å²) < 4.78 is 0. The van der Waals surface area contributed by atoms with Gasteiger partial charge in [0.2, 0.25) is 0 Å². The summed E-state index contributed by atoms with van der Waals surface area (Å²) >= 11 is 23.6. The van der Waals surface area contributed by atoms with Crippen molar-refractivity contribution in [1.82, 2.24) is 4.98 Å². The van der Waals surface area contributed by atoms with Crippen LogP contribution in [0.25, 0.3) is 6.08 Å². The van der Waals surface area contributed by atoms with Crippen LogP contribution < -0.4 is 5.43 Å². The molecule has 2 rings (SSSR count). The Morgan fingerprint density at radius 2 is 1.81 bits per heavy atom. The van der Waals surface area contributed by atoms with E-state index < -0.39 is 0 Å². The lowest BCUT2D eigenvalue weighted by molar-refractivity contribution is 1.23. The zero-order valence-electron chi connectivity index (χ0n) is 10.5. The standard InChI is InChI=1S/C14H9Cl4N3/c15-10(6-9-4-2-1-3-5-9)8-19-21-14-12(17)7-11(16)13(18)20-14/h1-8H,(H,20,21). The molecule has 0 saturated carbocycles. The molecule has 0 aliphatic heterocycles. The number of benzene rings is 1. The van der Waals surface area contributed by atoms with Gasteiger partial charge in [0.1, 0.15) is 5.15 Å². The fraction of sp³-hybridized carbons (Fsp3) is 0. The van der Waals surface area contributed by atoms with E-state index >= 15 is 0 Å². The van der Waals surface area contributed by atoms with Gasteiger partial charge in [0.25, 0.3) is 0 Å². The van der Waals surface area contributed by atoms with E-state index in [9.17, 15) is 0 Å². The van der Waals surface area contributed by atoms with Crippen molar-refractivity contribution < 1.29 is 0 Å². The molecule has 21 heavy (non-hydrogen) atoms. The van der Waals surface area contributed by atoms with E-state index in [4.69, 9.17) is 46.4 Å². The smallest absolute Gasteiger partial charge is 0.166 e. The summed E-state index contributed by atoms with van der Waals surface area (Å²) in [7, 11) is 0.